The van der Waals surface area contributed by atoms with Crippen LogP contribution in [0.1, 0.15) is 47.8 Å². The lowest BCUT2D eigenvalue weighted by atomic mass is 9.78. The summed E-state index contributed by atoms with van der Waals surface area (Å²) in [5.74, 6) is 0.258. The normalized spacial score (nSPS) is 15.5. The third kappa shape index (κ3) is 3.96. The molecule has 1 aliphatic heterocycles. The Morgan fingerprint density at radius 3 is 2.78 bits per heavy atom. The van der Waals surface area contributed by atoms with Crippen molar-refractivity contribution < 1.29 is 9.53 Å². The number of nitrogens with zero attached hydrogens (tertiary/aromatic N) is 2. The van der Waals surface area contributed by atoms with E-state index in [9.17, 15) is 10.1 Å². The lowest BCUT2D eigenvalue weighted by Gasteiger charge is -2.38. The minimum Gasteiger partial charge on any atom is -0.492 e. The van der Waals surface area contributed by atoms with Crippen LogP contribution in [0.15, 0.2) is 36.4 Å². The molecular formula is C22H25N3O2. The van der Waals surface area contributed by atoms with Crippen LogP contribution in [-0.4, -0.2) is 31.0 Å². The minimum absolute atomic E-state index is 0.0850. The molecule has 27 heavy (non-hydrogen) atoms. The number of benzene rings is 2. The quantitative estimate of drug-likeness (QED) is 0.894. The van der Waals surface area contributed by atoms with E-state index in [1.165, 1.54) is 11.1 Å². The lowest BCUT2D eigenvalue weighted by molar-refractivity contribution is 0.102. The molecule has 2 aromatic rings. The number of carbonyl (C=O) groups is 1. The molecule has 0 saturated carbocycles. The molecule has 0 saturated heterocycles. The SMILES string of the molecule is CCOc1ccc(C(=O)Nc2ccc3c(c2)CN(C)CC3(C)C)cc1C#N. The van der Waals surface area contributed by atoms with Gasteiger partial charge in [-0.15, -0.1) is 0 Å². The van der Waals surface area contributed by atoms with Gasteiger partial charge in [-0.3, -0.25) is 4.79 Å². The van der Waals surface area contributed by atoms with E-state index in [1.54, 1.807) is 18.2 Å². The topological polar surface area (TPSA) is 65.4 Å². The van der Waals surface area contributed by atoms with Gasteiger partial charge >= 0.3 is 0 Å². The molecular weight excluding hydrogens is 338 g/mol. The highest BCUT2D eigenvalue weighted by atomic mass is 16.5. The molecule has 2 aromatic carbocycles. The molecule has 0 aliphatic carbocycles. The standard InChI is InChI=1S/C22H25N3O2/c1-5-27-20-9-6-15(10-16(20)12-23)21(26)24-18-7-8-19-17(11-18)13-25(4)14-22(19,2)3/h6-11H,5,13-14H2,1-4H3,(H,24,26). The van der Waals surface area contributed by atoms with Gasteiger partial charge in [-0.05, 0) is 55.4 Å². The summed E-state index contributed by atoms with van der Waals surface area (Å²) in [5.41, 5.74) is 4.20. The summed E-state index contributed by atoms with van der Waals surface area (Å²) in [5, 5.41) is 12.2. The van der Waals surface area contributed by atoms with Crippen LogP contribution in [0.4, 0.5) is 5.69 Å². The van der Waals surface area contributed by atoms with Crippen molar-refractivity contribution in [1.82, 2.24) is 4.90 Å². The second kappa shape index (κ2) is 7.42. The fourth-order valence-corrected chi connectivity index (χ4v) is 3.81. The molecule has 1 N–H and O–H groups in total. The van der Waals surface area contributed by atoms with Crippen molar-refractivity contribution in [2.75, 3.05) is 25.5 Å². The molecule has 1 amide bonds. The fraction of sp³-hybridized carbons (Fsp3) is 0.364. The van der Waals surface area contributed by atoms with Crippen molar-refractivity contribution in [3.8, 4) is 11.8 Å². The summed E-state index contributed by atoms with van der Waals surface area (Å²) in [4.78, 5) is 14.9. The minimum atomic E-state index is -0.238. The summed E-state index contributed by atoms with van der Waals surface area (Å²) in [6.07, 6.45) is 0. The number of amides is 1. The van der Waals surface area contributed by atoms with E-state index in [4.69, 9.17) is 4.74 Å². The first-order valence-corrected chi connectivity index (χ1v) is 9.14. The Balaban J connectivity index is 1.83. The van der Waals surface area contributed by atoms with Crippen molar-refractivity contribution in [3.05, 3.63) is 58.7 Å². The Bertz CT molecular complexity index is 912. The van der Waals surface area contributed by atoms with E-state index in [0.717, 1.165) is 18.8 Å². The number of carbonyl (C=O) groups excluding carboxylic acids is 1. The molecule has 1 aliphatic rings. The third-order valence-corrected chi connectivity index (χ3v) is 4.86. The maximum Gasteiger partial charge on any atom is 0.255 e. The van der Waals surface area contributed by atoms with Crippen molar-refractivity contribution in [1.29, 1.82) is 5.26 Å². The van der Waals surface area contributed by atoms with Gasteiger partial charge in [-0.2, -0.15) is 5.26 Å². The number of hydrogen-bond donors (Lipinski definition) is 1. The predicted octanol–water partition coefficient (Wildman–Crippen LogP) is 3.93. The van der Waals surface area contributed by atoms with E-state index in [-0.39, 0.29) is 11.3 Å². The first kappa shape index (κ1) is 18.9. The summed E-state index contributed by atoms with van der Waals surface area (Å²) in [6.45, 7) is 8.68. The van der Waals surface area contributed by atoms with Crippen LogP contribution in [-0.2, 0) is 12.0 Å². The van der Waals surface area contributed by atoms with Crippen molar-refractivity contribution >= 4 is 11.6 Å². The molecule has 140 valence electrons. The summed E-state index contributed by atoms with van der Waals surface area (Å²) in [6, 6.07) is 13.1. The van der Waals surface area contributed by atoms with Crippen LogP contribution in [0, 0.1) is 11.3 Å². The first-order valence-electron chi connectivity index (χ1n) is 9.14. The summed E-state index contributed by atoms with van der Waals surface area (Å²) in [7, 11) is 2.11. The van der Waals surface area contributed by atoms with Crippen LogP contribution < -0.4 is 10.1 Å². The maximum absolute atomic E-state index is 12.6. The van der Waals surface area contributed by atoms with Crippen LogP contribution in [0.25, 0.3) is 0 Å². The van der Waals surface area contributed by atoms with Crippen LogP contribution in [0.2, 0.25) is 0 Å². The molecule has 0 aromatic heterocycles. The summed E-state index contributed by atoms with van der Waals surface area (Å²) < 4.78 is 5.41. The molecule has 0 unspecified atom stereocenters. The highest BCUT2D eigenvalue weighted by molar-refractivity contribution is 6.04. The zero-order chi connectivity index (χ0) is 19.6. The number of ether oxygens (including phenoxy) is 1. The number of rotatable bonds is 4. The smallest absolute Gasteiger partial charge is 0.255 e. The number of nitriles is 1. The molecule has 0 spiro atoms. The molecule has 0 bridgehead atoms. The molecule has 0 radical (unpaired) electrons. The lowest BCUT2D eigenvalue weighted by Crippen LogP contribution is -2.39. The van der Waals surface area contributed by atoms with Gasteiger partial charge in [0.1, 0.15) is 11.8 Å². The van der Waals surface area contributed by atoms with Gasteiger partial charge in [0.25, 0.3) is 5.91 Å². The Morgan fingerprint density at radius 1 is 1.30 bits per heavy atom. The van der Waals surface area contributed by atoms with Crippen molar-refractivity contribution in [2.45, 2.75) is 32.7 Å². The van der Waals surface area contributed by atoms with E-state index in [1.807, 2.05) is 19.1 Å². The number of likely N-dealkylation sites (N-methyl/N-ethyl adjacent to an activating group) is 1. The van der Waals surface area contributed by atoms with E-state index in [0.29, 0.717) is 23.5 Å². The fourth-order valence-electron chi connectivity index (χ4n) is 3.81. The molecule has 5 nitrogen and oxygen atoms in total. The van der Waals surface area contributed by atoms with E-state index < -0.39 is 0 Å². The Hall–Kier alpha value is -2.84. The predicted molar refractivity (Wildman–Crippen MR) is 106 cm³/mol. The average molecular weight is 363 g/mol. The Labute approximate surface area is 160 Å². The Morgan fingerprint density at radius 2 is 2.07 bits per heavy atom. The highest BCUT2D eigenvalue weighted by Crippen LogP contribution is 2.34. The zero-order valence-corrected chi connectivity index (χ0v) is 16.3. The van der Waals surface area contributed by atoms with Crippen LogP contribution in [0.5, 0.6) is 5.75 Å². The van der Waals surface area contributed by atoms with Gasteiger partial charge in [0, 0.05) is 29.8 Å². The number of hydrogen-bond acceptors (Lipinski definition) is 4. The van der Waals surface area contributed by atoms with E-state index >= 15 is 0 Å². The van der Waals surface area contributed by atoms with Gasteiger partial charge in [0.05, 0.1) is 12.2 Å². The van der Waals surface area contributed by atoms with Gasteiger partial charge in [0.15, 0.2) is 0 Å². The zero-order valence-electron chi connectivity index (χ0n) is 16.3. The highest BCUT2D eigenvalue weighted by Gasteiger charge is 2.30. The monoisotopic (exact) mass is 363 g/mol. The number of nitrogens with one attached hydrogen (secondary N) is 1. The largest absolute Gasteiger partial charge is 0.492 e. The second-order valence-electron chi connectivity index (χ2n) is 7.64. The average Bonchev–Trinajstić information content (AvgIpc) is 2.61. The van der Waals surface area contributed by atoms with Gasteiger partial charge in [-0.1, -0.05) is 19.9 Å². The first-order chi connectivity index (χ1) is 12.8. The molecule has 3 rings (SSSR count). The molecule has 0 atom stereocenters. The van der Waals surface area contributed by atoms with Crippen molar-refractivity contribution in [3.63, 3.8) is 0 Å². The van der Waals surface area contributed by atoms with Crippen LogP contribution in [0.3, 0.4) is 0 Å². The van der Waals surface area contributed by atoms with Gasteiger partial charge in [0.2, 0.25) is 0 Å². The number of anilines is 1. The van der Waals surface area contributed by atoms with Crippen molar-refractivity contribution in [2.24, 2.45) is 0 Å². The van der Waals surface area contributed by atoms with Crippen LogP contribution >= 0.6 is 0 Å². The maximum atomic E-state index is 12.6. The molecule has 5 heteroatoms. The number of fused-ring (bicyclic) bond motifs is 1. The summed E-state index contributed by atoms with van der Waals surface area (Å²) >= 11 is 0. The molecule has 0 fully saturated rings. The third-order valence-electron chi connectivity index (χ3n) is 4.86. The molecule has 1 heterocycles. The van der Waals surface area contributed by atoms with Gasteiger partial charge in [-0.25, -0.2) is 0 Å². The van der Waals surface area contributed by atoms with Gasteiger partial charge < -0.3 is 15.0 Å². The Kier molecular flexibility index (Phi) is 5.20. The van der Waals surface area contributed by atoms with E-state index in [2.05, 4.69) is 43.2 Å². The second-order valence-corrected chi connectivity index (χ2v) is 7.64.